The topological polar surface area (TPSA) is 64.4 Å². The SMILES string of the molecule is Cc1sc(C(=O)NN)cc1CSC1COC1. The number of carbonyl (C=O) groups is 1. The fraction of sp³-hybridized carbons (Fsp3) is 0.500. The molecular formula is C10H14N2O2S2. The number of aryl methyl sites for hydroxylation is 1. The summed E-state index contributed by atoms with van der Waals surface area (Å²) in [6.07, 6.45) is 0. The van der Waals surface area contributed by atoms with Crippen LogP contribution in [0.4, 0.5) is 0 Å². The number of thioether (sulfide) groups is 1. The number of rotatable bonds is 4. The van der Waals surface area contributed by atoms with Crippen LogP contribution in [-0.2, 0) is 10.5 Å². The number of hydrazine groups is 1. The van der Waals surface area contributed by atoms with Gasteiger partial charge in [-0.2, -0.15) is 0 Å². The van der Waals surface area contributed by atoms with E-state index in [0.29, 0.717) is 10.1 Å². The van der Waals surface area contributed by atoms with Gasteiger partial charge in [0.1, 0.15) is 0 Å². The van der Waals surface area contributed by atoms with Crippen molar-refractivity contribution in [3.05, 3.63) is 21.4 Å². The Bertz CT molecular complexity index is 388. The molecule has 1 aromatic heterocycles. The van der Waals surface area contributed by atoms with Gasteiger partial charge < -0.3 is 4.74 Å². The van der Waals surface area contributed by atoms with Crippen molar-refractivity contribution in [3.8, 4) is 0 Å². The van der Waals surface area contributed by atoms with Crippen molar-refractivity contribution in [2.24, 2.45) is 5.84 Å². The first-order valence-electron chi connectivity index (χ1n) is 5.00. The van der Waals surface area contributed by atoms with E-state index in [1.807, 2.05) is 24.8 Å². The summed E-state index contributed by atoms with van der Waals surface area (Å²) >= 11 is 3.37. The van der Waals surface area contributed by atoms with Crippen LogP contribution >= 0.6 is 23.1 Å². The molecule has 1 aromatic rings. The van der Waals surface area contributed by atoms with Crippen LogP contribution in [0.5, 0.6) is 0 Å². The third-order valence-corrected chi connectivity index (χ3v) is 4.77. The maximum Gasteiger partial charge on any atom is 0.275 e. The maximum absolute atomic E-state index is 11.3. The van der Waals surface area contributed by atoms with Gasteiger partial charge in [-0.05, 0) is 18.6 Å². The van der Waals surface area contributed by atoms with E-state index in [2.05, 4.69) is 5.43 Å². The van der Waals surface area contributed by atoms with Crippen LogP contribution in [0, 0.1) is 6.92 Å². The Hall–Kier alpha value is -0.560. The predicted molar refractivity (Wildman–Crippen MR) is 66.6 cm³/mol. The zero-order chi connectivity index (χ0) is 11.5. The largest absolute Gasteiger partial charge is 0.379 e. The molecule has 2 heterocycles. The lowest BCUT2D eigenvalue weighted by Gasteiger charge is -2.25. The van der Waals surface area contributed by atoms with Crippen molar-refractivity contribution >= 4 is 29.0 Å². The van der Waals surface area contributed by atoms with Gasteiger partial charge >= 0.3 is 0 Å². The number of carbonyl (C=O) groups excluding carboxylic acids is 1. The van der Waals surface area contributed by atoms with E-state index >= 15 is 0 Å². The Balaban J connectivity index is 1.97. The van der Waals surface area contributed by atoms with Gasteiger partial charge in [-0.15, -0.1) is 23.1 Å². The number of hydrogen-bond donors (Lipinski definition) is 2. The zero-order valence-electron chi connectivity index (χ0n) is 8.99. The normalized spacial score (nSPS) is 15.9. The number of amides is 1. The number of nitrogen functional groups attached to an aromatic ring is 1. The molecule has 1 aliphatic heterocycles. The first kappa shape index (κ1) is 11.9. The molecule has 1 saturated heterocycles. The molecule has 3 N–H and O–H groups in total. The summed E-state index contributed by atoms with van der Waals surface area (Å²) in [5.41, 5.74) is 3.38. The van der Waals surface area contributed by atoms with Gasteiger partial charge in [0.25, 0.3) is 5.91 Å². The second-order valence-electron chi connectivity index (χ2n) is 3.64. The van der Waals surface area contributed by atoms with Crippen molar-refractivity contribution in [1.29, 1.82) is 0 Å². The standard InChI is InChI=1S/C10H14N2O2S2/c1-6-7(5-15-8-3-14-4-8)2-9(16-6)10(13)12-11/h2,8H,3-5,11H2,1H3,(H,12,13). The molecule has 0 saturated carbocycles. The summed E-state index contributed by atoms with van der Waals surface area (Å²) in [6, 6.07) is 1.93. The lowest BCUT2D eigenvalue weighted by Crippen LogP contribution is -2.30. The molecule has 4 nitrogen and oxygen atoms in total. The van der Waals surface area contributed by atoms with Crippen LogP contribution in [0.15, 0.2) is 6.07 Å². The molecule has 1 fully saturated rings. The quantitative estimate of drug-likeness (QED) is 0.485. The van der Waals surface area contributed by atoms with Crippen LogP contribution in [0.3, 0.4) is 0 Å². The summed E-state index contributed by atoms with van der Waals surface area (Å²) < 4.78 is 5.12. The van der Waals surface area contributed by atoms with Gasteiger partial charge in [0, 0.05) is 10.6 Å². The third-order valence-electron chi connectivity index (χ3n) is 2.46. The highest BCUT2D eigenvalue weighted by Gasteiger charge is 2.19. The van der Waals surface area contributed by atoms with Crippen LogP contribution in [0.25, 0.3) is 0 Å². The molecule has 0 bridgehead atoms. The van der Waals surface area contributed by atoms with E-state index in [9.17, 15) is 4.79 Å². The molecule has 0 aromatic carbocycles. The van der Waals surface area contributed by atoms with Crippen LogP contribution in [0.1, 0.15) is 20.1 Å². The van der Waals surface area contributed by atoms with Crippen LogP contribution in [0.2, 0.25) is 0 Å². The molecule has 88 valence electrons. The van der Waals surface area contributed by atoms with Crippen molar-refractivity contribution in [2.45, 2.75) is 17.9 Å². The molecule has 0 unspecified atom stereocenters. The van der Waals surface area contributed by atoms with Crippen LogP contribution in [-0.4, -0.2) is 24.4 Å². The summed E-state index contributed by atoms with van der Waals surface area (Å²) in [4.78, 5) is 13.2. The van der Waals surface area contributed by atoms with E-state index in [4.69, 9.17) is 10.6 Å². The second-order valence-corrected chi connectivity index (χ2v) is 6.18. The van der Waals surface area contributed by atoms with Gasteiger partial charge in [0.2, 0.25) is 0 Å². The molecular weight excluding hydrogens is 244 g/mol. The summed E-state index contributed by atoms with van der Waals surface area (Å²) in [5.74, 6) is 5.83. The Morgan fingerprint density at radius 2 is 2.50 bits per heavy atom. The minimum Gasteiger partial charge on any atom is -0.379 e. The van der Waals surface area contributed by atoms with E-state index in [1.165, 1.54) is 21.8 Å². The highest BCUT2D eigenvalue weighted by atomic mass is 32.2. The van der Waals surface area contributed by atoms with Gasteiger partial charge in [-0.1, -0.05) is 0 Å². The Morgan fingerprint density at radius 1 is 1.75 bits per heavy atom. The molecule has 6 heteroatoms. The Morgan fingerprint density at radius 3 is 3.06 bits per heavy atom. The number of nitrogens with two attached hydrogens (primary N) is 1. The van der Waals surface area contributed by atoms with E-state index in [1.54, 1.807) is 0 Å². The Labute approximate surface area is 103 Å². The third kappa shape index (κ3) is 2.57. The molecule has 0 aliphatic carbocycles. The zero-order valence-corrected chi connectivity index (χ0v) is 10.6. The van der Waals surface area contributed by atoms with Gasteiger partial charge in [0.05, 0.1) is 23.3 Å². The number of ether oxygens (including phenoxy) is 1. The second kappa shape index (κ2) is 5.18. The predicted octanol–water partition coefficient (Wildman–Crippen LogP) is 1.29. The lowest BCUT2D eigenvalue weighted by atomic mass is 10.3. The fourth-order valence-electron chi connectivity index (χ4n) is 1.36. The molecule has 16 heavy (non-hydrogen) atoms. The number of hydrogen-bond acceptors (Lipinski definition) is 5. The van der Waals surface area contributed by atoms with Crippen molar-refractivity contribution in [1.82, 2.24) is 5.43 Å². The first-order chi connectivity index (χ1) is 7.70. The minimum absolute atomic E-state index is 0.212. The van der Waals surface area contributed by atoms with E-state index in [0.717, 1.165) is 19.0 Å². The average molecular weight is 258 g/mol. The van der Waals surface area contributed by atoms with Gasteiger partial charge in [-0.3, -0.25) is 10.2 Å². The van der Waals surface area contributed by atoms with Crippen molar-refractivity contribution < 1.29 is 9.53 Å². The molecule has 0 atom stereocenters. The van der Waals surface area contributed by atoms with Crippen molar-refractivity contribution in [3.63, 3.8) is 0 Å². The van der Waals surface area contributed by atoms with E-state index in [-0.39, 0.29) is 5.91 Å². The molecule has 0 radical (unpaired) electrons. The van der Waals surface area contributed by atoms with Crippen LogP contribution < -0.4 is 11.3 Å². The highest BCUT2D eigenvalue weighted by molar-refractivity contribution is 7.99. The maximum atomic E-state index is 11.3. The van der Waals surface area contributed by atoms with Gasteiger partial charge in [-0.25, -0.2) is 5.84 Å². The molecule has 2 rings (SSSR count). The van der Waals surface area contributed by atoms with E-state index < -0.39 is 0 Å². The monoisotopic (exact) mass is 258 g/mol. The molecule has 1 amide bonds. The fourth-order valence-corrected chi connectivity index (χ4v) is 3.50. The smallest absolute Gasteiger partial charge is 0.275 e. The molecule has 1 aliphatic rings. The summed E-state index contributed by atoms with van der Waals surface area (Å²) in [7, 11) is 0. The number of nitrogens with one attached hydrogen (secondary N) is 1. The highest BCUT2D eigenvalue weighted by Crippen LogP contribution is 2.29. The van der Waals surface area contributed by atoms with Crippen molar-refractivity contribution in [2.75, 3.05) is 13.2 Å². The minimum atomic E-state index is -0.212. The summed E-state index contributed by atoms with van der Waals surface area (Å²) in [6.45, 7) is 3.74. The molecule has 0 spiro atoms. The average Bonchev–Trinajstić information content (AvgIpc) is 2.57. The van der Waals surface area contributed by atoms with Gasteiger partial charge in [0.15, 0.2) is 0 Å². The summed E-state index contributed by atoms with van der Waals surface area (Å²) in [5, 5.41) is 0.617. The first-order valence-corrected chi connectivity index (χ1v) is 6.87. The lowest BCUT2D eigenvalue weighted by molar-refractivity contribution is 0.0455. The number of thiophene rings is 1. The Kier molecular flexibility index (Phi) is 3.86.